The number of halogens is 1. The third-order valence-electron chi connectivity index (χ3n) is 3.97. The van der Waals surface area contributed by atoms with Crippen molar-refractivity contribution in [2.75, 3.05) is 13.2 Å². The first-order valence-electron chi connectivity index (χ1n) is 7.97. The van der Waals surface area contributed by atoms with Gasteiger partial charge in [0.05, 0.1) is 17.2 Å². The van der Waals surface area contributed by atoms with E-state index in [1.165, 1.54) is 18.4 Å². The van der Waals surface area contributed by atoms with E-state index in [1.807, 2.05) is 6.07 Å². The molecule has 1 aromatic rings. The molecule has 2 atom stereocenters. The molecule has 0 amide bonds. The molecule has 1 aliphatic rings. The van der Waals surface area contributed by atoms with E-state index in [9.17, 15) is 0 Å². The Morgan fingerprint density at radius 3 is 3.00 bits per heavy atom. The average Bonchev–Trinajstić information content (AvgIpc) is 2.98. The zero-order valence-electron chi connectivity index (χ0n) is 12.8. The molecular formula is C17H26BrNO2. The normalized spacial score (nSPS) is 19.7. The molecule has 0 aliphatic carbocycles. The molecule has 1 aliphatic heterocycles. The highest BCUT2D eigenvalue weighted by Crippen LogP contribution is 2.27. The van der Waals surface area contributed by atoms with E-state index in [0.717, 1.165) is 49.1 Å². The first-order valence-corrected chi connectivity index (χ1v) is 8.76. The zero-order valence-corrected chi connectivity index (χ0v) is 14.4. The fourth-order valence-electron chi connectivity index (χ4n) is 2.60. The predicted molar refractivity (Wildman–Crippen MR) is 89.8 cm³/mol. The minimum absolute atomic E-state index is 0.232. The molecule has 1 aromatic carbocycles. The van der Waals surface area contributed by atoms with Gasteiger partial charge >= 0.3 is 0 Å². The summed E-state index contributed by atoms with van der Waals surface area (Å²) >= 11 is 3.59. The van der Waals surface area contributed by atoms with Crippen LogP contribution < -0.4 is 10.5 Å². The van der Waals surface area contributed by atoms with Crippen molar-refractivity contribution in [1.82, 2.24) is 0 Å². The largest absolute Gasteiger partial charge is 0.492 e. The highest BCUT2D eigenvalue weighted by atomic mass is 79.9. The van der Waals surface area contributed by atoms with Crippen molar-refractivity contribution < 1.29 is 9.47 Å². The molecule has 118 valence electrons. The topological polar surface area (TPSA) is 44.5 Å². The van der Waals surface area contributed by atoms with Gasteiger partial charge in [0.25, 0.3) is 0 Å². The zero-order chi connectivity index (χ0) is 15.1. The Morgan fingerprint density at radius 1 is 1.48 bits per heavy atom. The van der Waals surface area contributed by atoms with Crippen molar-refractivity contribution in [2.45, 2.75) is 57.6 Å². The van der Waals surface area contributed by atoms with Gasteiger partial charge in [0, 0.05) is 12.6 Å². The highest BCUT2D eigenvalue weighted by molar-refractivity contribution is 9.10. The molecule has 2 rings (SSSR count). The Morgan fingerprint density at radius 2 is 2.33 bits per heavy atom. The maximum absolute atomic E-state index is 5.99. The minimum atomic E-state index is 0.232. The highest BCUT2D eigenvalue weighted by Gasteiger charge is 2.14. The van der Waals surface area contributed by atoms with Gasteiger partial charge in [-0.1, -0.05) is 13.0 Å². The quantitative estimate of drug-likeness (QED) is 0.715. The van der Waals surface area contributed by atoms with Crippen LogP contribution in [0.15, 0.2) is 22.7 Å². The predicted octanol–water partition coefficient (Wildman–Crippen LogP) is 4.07. The van der Waals surface area contributed by atoms with Crippen molar-refractivity contribution in [3.8, 4) is 5.75 Å². The second-order valence-electron chi connectivity index (χ2n) is 5.76. The number of nitrogens with two attached hydrogens (primary N) is 1. The minimum Gasteiger partial charge on any atom is -0.492 e. The van der Waals surface area contributed by atoms with Crippen LogP contribution in [-0.4, -0.2) is 25.4 Å². The molecular weight excluding hydrogens is 330 g/mol. The average molecular weight is 356 g/mol. The summed E-state index contributed by atoms with van der Waals surface area (Å²) in [5.41, 5.74) is 7.25. The van der Waals surface area contributed by atoms with Gasteiger partial charge in [0.15, 0.2) is 0 Å². The molecule has 1 heterocycles. The summed E-state index contributed by atoms with van der Waals surface area (Å²) < 4.78 is 12.5. The van der Waals surface area contributed by atoms with E-state index < -0.39 is 0 Å². The van der Waals surface area contributed by atoms with Crippen molar-refractivity contribution in [1.29, 1.82) is 0 Å². The van der Waals surface area contributed by atoms with Crippen LogP contribution in [-0.2, 0) is 11.2 Å². The molecule has 1 fully saturated rings. The molecule has 2 N–H and O–H groups in total. The molecule has 0 radical (unpaired) electrons. The molecule has 0 saturated carbocycles. The van der Waals surface area contributed by atoms with Gasteiger partial charge in [0.2, 0.25) is 0 Å². The lowest BCUT2D eigenvalue weighted by Gasteiger charge is -2.13. The number of rotatable bonds is 8. The summed E-state index contributed by atoms with van der Waals surface area (Å²) in [5.74, 6) is 0.913. The fourth-order valence-corrected chi connectivity index (χ4v) is 3.14. The molecule has 0 spiro atoms. The molecule has 3 nitrogen and oxygen atoms in total. The van der Waals surface area contributed by atoms with Crippen molar-refractivity contribution >= 4 is 15.9 Å². The fraction of sp³-hybridized carbons (Fsp3) is 0.647. The van der Waals surface area contributed by atoms with E-state index in [0.29, 0.717) is 6.10 Å². The number of benzene rings is 1. The first-order chi connectivity index (χ1) is 10.2. The van der Waals surface area contributed by atoms with E-state index >= 15 is 0 Å². The third-order valence-corrected chi connectivity index (χ3v) is 4.59. The van der Waals surface area contributed by atoms with E-state index in [1.54, 1.807) is 0 Å². The second-order valence-corrected chi connectivity index (χ2v) is 6.62. The van der Waals surface area contributed by atoms with Crippen LogP contribution in [0.2, 0.25) is 0 Å². The Balaban J connectivity index is 1.75. The Labute approximate surface area is 136 Å². The van der Waals surface area contributed by atoms with Gasteiger partial charge in [-0.15, -0.1) is 0 Å². The molecule has 4 heteroatoms. The summed E-state index contributed by atoms with van der Waals surface area (Å²) in [6.07, 6.45) is 6.91. The van der Waals surface area contributed by atoms with Crippen LogP contribution >= 0.6 is 15.9 Å². The molecule has 0 bridgehead atoms. The number of hydrogen-bond donors (Lipinski definition) is 1. The lowest BCUT2D eigenvalue weighted by molar-refractivity contribution is 0.0981. The van der Waals surface area contributed by atoms with Gasteiger partial charge in [-0.25, -0.2) is 0 Å². The van der Waals surface area contributed by atoms with E-state index in [2.05, 4.69) is 35.0 Å². The van der Waals surface area contributed by atoms with Crippen LogP contribution in [0.3, 0.4) is 0 Å². The molecule has 2 unspecified atom stereocenters. The number of hydrogen-bond acceptors (Lipinski definition) is 3. The summed E-state index contributed by atoms with van der Waals surface area (Å²) in [4.78, 5) is 0. The first kappa shape index (κ1) is 16.8. The van der Waals surface area contributed by atoms with Gasteiger partial charge in [0.1, 0.15) is 5.75 Å². The van der Waals surface area contributed by atoms with Gasteiger partial charge in [-0.2, -0.15) is 0 Å². The monoisotopic (exact) mass is 355 g/mol. The summed E-state index contributed by atoms with van der Waals surface area (Å²) in [6.45, 7) is 3.79. The SMILES string of the molecule is CCC(N)Cc1ccc(OCCCC2CCCO2)c(Br)c1. The van der Waals surface area contributed by atoms with Crippen molar-refractivity contribution in [3.63, 3.8) is 0 Å². The summed E-state index contributed by atoms with van der Waals surface area (Å²) in [5, 5.41) is 0. The Hall–Kier alpha value is -0.580. The lowest BCUT2D eigenvalue weighted by atomic mass is 10.0. The molecule has 0 aromatic heterocycles. The van der Waals surface area contributed by atoms with Gasteiger partial charge in [-0.3, -0.25) is 0 Å². The van der Waals surface area contributed by atoms with Crippen molar-refractivity contribution in [2.24, 2.45) is 5.73 Å². The molecule has 1 saturated heterocycles. The van der Waals surface area contributed by atoms with Gasteiger partial charge < -0.3 is 15.2 Å². The van der Waals surface area contributed by atoms with Crippen LogP contribution in [0.5, 0.6) is 5.75 Å². The summed E-state index contributed by atoms with van der Waals surface area (Å²) in [6, 6.07) is 6.49. The van der Waals surface area contributed by atoms with Crippen molar-refractivity contribution in [3.05, 3.63) is 28.2 Å². The van der Waals surface area contributed by atoms with Crippen LogP contribution in [0, 0.1) is 0 Å². The van der Waals surface area contributed by atoms with E-state index in [4.69, 9.17) is 15.2 Å². The smallest absolute Gasteiger partial charge is 0.133 e. The lowest BCUT2D eigenvalue weighted by Crippen LogP contribution is -2.21. The summed E-state index contributed by atoms with van der Waals surface area (Å²) in [7, 11) is 0. The van der Waals surface area contributed by atoms with Gasteiger partial charge in [-0.05, 0) is 72.2 Å². The Kier molecular flexibility index (Phi) is 7.00. The standard InChI is InChI=1S/C17H26BrNO2/c1-2-14(19)11-13-7-8-17(16(18)12-13)21-10-4-6-15-5-3-9-20-15/h7-8,12,14-15H,2-6,9-11,19H2,1H3. The Bertz CT molecular complexity index is 433. The maximum Gasteiger partial charge on any atom is 0.133 e. The maximum atomic E-state index is 5.99. The second kappa shape index (κ2) is 8.76. The van der Waals surface area contributed by atoms with Crippen LogP contribution in [0.1, 0.15) is 44.6 Å². The van der Waals surface area contributed by atoms with Crippen LogP contribution in [0.25, 0.3) is 0 Å². The van der Waals surface area contributed by atoms with Crippen LogP contribution in [0.4, 0.5) is 0 Å². The number of ether oxygens (including phenoxy) is 2. The third kappa shape index (κ3) is 5.61. The molecule has 21 heavy (non-hydrogen) atoms. The van der Waals surface area contributed by atoms with E-state index in [-0.39, 0.29) is 6.04 Å².